The lowest BCUT2D eigenvalue weighted by Crippen LogP contribution is -2.52. The summed E-state index contributed by atoms with van der Waals surface area (Å²) in [5.41, 5.74) is 0. The third-order valence-electron chi connectivity index (χ3n) is 2.64. The average Bonchev–Trinajstić information content (AvgIpc) is 2.64. The molecule has 1 aliphatic rings. The first-order chi connectivity index (χ1) is 7.68. The van der Waals surface area contributed by atoms with E-state index in [1.165, 1.54) is 4.90 Å². The molecule has 0 aromatic carbocycles. The Morgan fingerprint density at radius 2 is 2.00 bits per heavy atom. The molecule has 0 radical (unpaired) electrons. The Morgan fingerprint density at radius 1 is 1.31 bits per heavy atom. The van der Waals surface area contributed by atoms with E-state index in [0.717, 1.165) is 5.82 Å². The van der Waals surface area contributed by atoms with Crippen LogP contribution in [0.15, 0.2) is 12.4 Å². The summed E-state index contributed by atoms with van der Waals surface area (Å²) in [5, 5.41) is 2.76. The maximum absolute atomic E-state index is 11.5. The van der Waals surface area contributed by atoms with E-state index in [0.29, 0.717) is 13.1 Å². The summed E-state index contributed by atoms with van der Waals surface area (Å²) >= 11 is 0. The SMILES string of the molecule is Cc1nccn1CCN1C(=O)CNCC1=O. The molecule has 0 unspecified atom stereocenters. The Kier molecular flexibility index (Phi) is 3.00. The van der Waals surface area contributed by atoms with Crippen LogP contribution in [-0.2, 0) is 16.1 Å². The van der Waals surface area contributed by atoms with Gasteiger partial charge in [-0.2, -0.15) is 0 Å². The van der Waals surface area contributed by atoms with Crippen molar-refractivity contribution in [1.29, 1.82) is 0 Å². The highest BCUT2D eigenvalue weighted by atomic mass is 16.2. The Hall–Kier alpha value is -1.69. The lowest BCUT2D eigenvalue weighted by atomic mass is 10.3. The van der Waals surface area contributed by atoms with Gasteiger partial charge >= 0.3 is 0 Å². The molecule has 0 bridgehead atoms. The van der Waals surface area contributed by atoms with Gasteiger partial charge in [-0.3, -0.25) is 19.8 Å². The molecule has 0 atom stereocenters. The number of nitrogens with zero attached hydrogens (tertiary/aromatic N) is 3. The van der Waals surface area contributed by atoms with Crippen molar-refractivity contribution in [2.24, 2.45) is 0 Å². The third kappa shape index (κ3) is 2.11. The molecule has 16 heavy (non-hydrogen) atoms. The highest BCUT2D eigenvalue weighted by Gasteiger charge is 2.24. The van der Waals surface area contributed by atoms with Gasteiger partial charge in [-0.25, -0.2) is 4.98 Å². The number of piperazine rings is 1. The van der Waals surface area contributed by atoms with Crippen molar-refractivity contribution in [2.45, 2.75) is 13.5 Å². The zero-order chi connectivity index (χ0) is 11.5. The van der Waals surface area contributed by atoms with Crippen LogP contribution in [0.1, 0.15) is 5.82 Å². The first-order valence-corrected chi connectivity index (χ1v) is 5.20. The van der Waals surface area contributed by atoms with Crippen LogP contribution in [0.4, 0.5) is 0 Å². The van der Waals surface area contributed by atoms with E-state index < -0.39 is 0 Å². The minimum atomic E-state index is -0.158. The van der Waals surface area contributed by atoms with Crippen LogP contribution >= 0.6 is 0 Å². The number of hydrogen-bond donors (Lipinski definition) is 1. The maximum atomic E-state index is 11.5. The summed E-state index contributed by atoms with van der Waals surface area (Å²) in [4.78, 5) is 28.3. The molecule has 6 nitrogen and oxygen atoms in total. The van der Waals surface area contributed by atoms with Crippen molar-refractivity contribution in [3.63, 3.8) is 0 Å². The van der Waals surface area contributed by atoms with Crippen LogP contribution in [-0.4, -0.2) is 45.9 Å². The fourth-order valence-corrected chi connectivity index (χ4v) is 1.70. The summed E-state index contributed by atoms with van der Waals surface area (Å²) in [5.74, 6) is 0.568. The lowest BCUT2D eigenvalue weighted by molar-refractivity contribution is -0.146. The number of amides is 2. The van der Waals surface area contributed by atoms with Crippen LogP contribution in [0, 0.1) is 6.92 Å². The van der Waals surface area contributed by atoms with Gasteiger partial charge in [0.2, 0.25) is 11.8 Å². The first-order valence-electron chi connectivity index (χ1n) is 5.20. The van der Waals surface area contributed by atoms with Crippen molar-refractivity contribution < 1.29 is 9.59 Å². The van der Waals surface area contributed by atoms with E-state index in [4.69, 9.17) is 0 Å². The monoisotopic (exact) mass is 222 g/mol. The van der Waals surface area contributed by atoms with Gasteiger partial charge in [-0.15, -0.1) is 0 Å². The van der Waals surface area contributed by atoms with Crippen molar-refractivity contribution in [3.8, 4) is 0 Å². The summed E-state index contributed by atoms with van der Waals surface area (Å²) < 4.78 is 1.92. The lowest BCUT2D eigenvalue weighted by Gasteiger charge is -2.25. The van der Waals surface area contributed by atoms with E-state index in [-0.39, 0.29) is 24.9 Å². The second-order valence-corrected chi connectivity index (χ2v) is 3.71. The number of nitrogens with one attached hydrogen (secondary N) is 1. The topological polar surface area (TPSA) is 67.2 Å². The fraction of sp³-hybridized carbons (Fsp3) is 0.500. The minimum absolute atomic E-state index is 0.158. The van der Waals surface area contributed by atoms with Crippen molar-refractivity contribution >= 4 is 11.8 Å². The molecule has 1 aromatic rings. The van der Waals surface area contributed by atoms with Gasteiger partial charge < -0.3 is 4.57 Å². The van der Waals surface area contributed by atoms with Gasteiger partial charge in [-0.05, 0) is 6.92 Å². The van der Waals surface area contributed by atoms with Gasteiger partial charge in [0.1, 0.15) is 5.82 Å². The van der Waals surface area contributed by atoms with Gasteiger partial charge in [0, 0.05) is 25.5 Å². The van der Waals surface area contributed by atoms with Gasteiger partial charge in [0.25, 0.3) is 0 Å². The second kappa shape index (κ2) is 4.44. The largest absolute Gasteiger partial charge is 0.333 e. The highest BCUT2D eigenvalue weighted by Crippen LogP contribution is 2.00. The van der Waals surface area contributed by atoms with Crippen molar-refractivity contribution in [2.75, 3.05) is 19.6 Å². The normalized spacial score (nSPS) is 16.9. The molecule has 1 fully saturated rings. The van der Waals surface area contributed by atoms with E-state index in [9.17, 15) is 9.59 Å². The molecule has 1 aliphatic heterocycles. The van der Waals surface area contributed by atoms with E-state index >= 15 is 0 Å². The van der Waals surface area contributed by atoms with Crippen molar-refractivity contribution in [1.82, 2.24) is 19.8 Å². The zero-order valence-corrected chi connectivity index (χ0v) is 9.14. The minimum Gasteiger partial charge on any atom is -0.333 e. The first kappa shape index (κ1) is 10.8. The predicted molar refractivity (Wildman–Crippen MR) is 56.6 cm³/mol. The Morgan fingerprint density at radius 3 is 2.56 bits per heavy atom. The van der Waals surface area contributed by atoms with E-state index in [1.54, 1.807) is 6.20 Å². The Labute approximate surface area is 93.3 Å². The molecule has 1 aromatic heterocycles. The van der Waals surface area contributed by atoms with Crippen LogP contribution in [0.5, 0.6) is 0 Å². The highest BCUT2D eigenvalue weighted by molar-refractivity contribution is 5.99. The van der Waals surface area contributed by atoms with Crippen LogP contribution in [0.3, 0.4) is 0 Å². The summed E-state index contributed by atoms with van der Waals surface area (Å²) in [6.07, 6.45) is 3.54. The summed E-state index contributed by atoms with van der Waals surface area (Å²) in [7, 11) is 0. The average molecular weight is 222 g/mol. The third-order valence-corrected chi connectivity index (χ3v) is 2.64. The molecule has 6 heteroatoms. The van der Waals surface area contributed by atoms with Gasteiger partial charge in [-0.1, -0.05) is 0 Å². The number of imide groups is 1. The number of carbonyl (C=O) groups excluding carboxylic acids is 2. The molecular formula is C10H14N4O2. The molecule has 0 saturated carbocycles. The number of imidazole rings is 1. The molecular weight excluding hydrogens is 208 g/mol. The molecule has 2 rings (SSSR count). The molecule has 0 aliphatic carbocycles. The van der Waals surface area contributed by atoms with Crippen molar-refractivity contribution in [3.05, 3.63) is 18.2 Å². The Balaban J connectivity index is 1.96. The van der Waals surface area contributed by atoms with Gasteiger partial charge in [0.05, 0.1) is 13.1 Å². The maximum Gasteiger partial charge on any atom is 0.243 e. The number of aromatic nitrogens is 2. The number of aryl methyl sites for hydroxylation is 1. The fourth-order valence-electron chi connectivity index (χ4n) is 1.70. The predicted octanol–water partition coefficient (Wildman–Crippen LogP) is -0.850. The number of rotatable bonds is 3. The molecule has 0 spiro atoms. The molecule has 2 heterocycles. The number of carbonyl (C=O) groups is 2. The van der Waals surface area contributed by atoms with Crippen LogP contribution in [0.25, 0.3) is 0 Å². The molecule has 1 N–H and O–H groups in total. The summed E-state index contributed by atoms with van der Waals surface area (Å²) in [6, 6.07) is 0. The number of hydrogen-bond acceptors (Lipinski definition) is 4. The standard InChI is InChI=1S/C10H14N4O2/c1-8-12-2-3-13(8)4-5-14-9(15)6-11-7-10(14)16/h2-3,11H,4-7H2,1H3. The van der Waals surface area contributed by atoms with E-state index in [2.05, 4.69) is 10.3 Å². The molecule has 1 saturated heterocycles. The Bertz CT molecular complexity index is 397. The smallest absolute Gasteiger partial charge is 0.243 e. The summed E-state index contributed by atoms with van der Waals surface area (Å²) in [6.45, 7) is 3.39. The zero-order valence-electron chi connectivity index (χ0n) is 9.14. The van der Waals surface area contributed by atoms with Crippen LogP contribution in [0.2, 0.25) is 0 Å². The second-order valence-electron chi connectivity index (χ2n) is 3.71. The molecule has 86 valence electrons. The van der Waals surface area contributed by atoms with E-state index in [1.807, 2.05) is 17.7 Å². The van der Waals surface area contributed by atoms with Gasteiger partial charge in [0.15, 0.2) is 0 Å². The molecule has 2 amide bonds. The van der Waals surface area contributed by atoms with Crippen LogP contribution < -0.4 is 5.32 Å². The quantitative estimate of drug-likeness (QED) is 0.676.